The van der Waals surface area contributed by atoms with Gasteiger partial charge >= 0.3 is 29.6 Å². The molecule has 1 saturated heterocycles. The molecule has 0 aromatic rings. The molecule has 7 N–H and O–H groups in total. The number of ether oxygens (including phenoxy) is 2. The second kappa shape index (κ2) is 26.0. The first-order valence-electron chi connectivity index (χ1n) is 16.1. The molecule has 0 saturated carbocycles. The van der Waals surface area contributed by atoms with E-state index in [1.54, 1.807) is 0 Å². The number of aliphatic hydroxyl groups excluding tert-OH is 4. The van der Waals surface area contributed by atoms with Crippen molar-refractivity contribution in [1.82, 2.24) is 16.0 Å². The molecule has 0 radical (unpaired) electrons. The Hall–Kier alpha value is -0.920. The molecule has 3 amide bonds. The van der Waals surface area contributed by atoms with Crippen molar-refractivity contribution in [3.05, 3.63) is 0 Å². The maximum absolute atomic E-state index is 12.9. The van der Waals surface area contributed by atoms with Gasteiger partial charge in [0.1, 0.15) is 30.5 Å². The number of hydrogen-bond acceptors (Lipinski definition) is 12. The van der Waals surface area contributed by atoms with E-state index in [2.05, 4.69) is 22.9 Å². The fraction of sp³-hybridized carbons (Fsp3) is 0.897. The Bertz CT molecular complexity index is 960. The van der Waals surface area contributed by atoms with Crippen LogP contribution in [-0.2, 0) is 34.0 Å². The Morgan fingerprint density at radius 3 is 1.89 bits per heavy atom. The Kier molecular flexibility index (Phi) is 25.5. The van der Waals surface area contributed by atoms with Crippen molar-refractivity contribution in [3.63, 3.8) is 0 Å². The van der Waals surface area contributed by atoms with Crippen LogP contribution in [0.3, 0.4) is 0 Å². The van der Waals surface area contributed by atoms with Crippen LogP contribution in [-0.4, -0.2) is 120 Å². The van der Waals surface area contributed by atoms with E-state index < -0.39 is 90.1 Å². The summed E-state index contributed by atoms with van der Waals surface area (Å²) in [7, 11) is -4.50. The topological polar surface area (TPSA) is 244 Å². The first kappa shape index (κ1) is 45.1. The fourth-order valence-electron chi connectivity index (χ4n) is 4.78. The maximum Gasteiger partial charge on any atom is 1.00 e. The number of rotatable bonds is 25. The molecule has 17 heteroatoms. The monoisotopic (exact) mass is 691 g/mol. The SMILES string of the molecule is CCCCCCCCCCCCCCNC(=O)C(CO[C@@H]1O[C@H](CO)[C@H](O)[C@H](O)[C@H]1O)NC(=O)CCC(=O)NCCS(=O)(=O)[O-].[Na+]. The van der Waals surface area contributed by atoms with Gasteiger partial charge in [0.25, 0.3) is 0 Å². The first-order valence-corrected chi connectivity index (χ1v) is 17.7. The quantitative estimate of drug-likeness (QED) is 0.0281. The average Bonchev–Trinajstić information content (AvgIpc) is 2.99. The summed E-state index contributed by atoms with van der Waals surface area (Å²) in [5.74, 6) is -2.76. The van der Waals surface area contributed by atoms with Gasteiger partial charge in [-0.25, -0.2) is 8.42 Å². The predicted molar refractivity (Wildman–Crippen MR) is 163 cm³/mol. The second-order valence-electron chi connectivity index (χ2n) is 11.4. The molecule has 0 aromatic carbocycles. The summed E-state index contributed by atoms with van der Waals surface area (Å²) in [5.41, 5.74) is 0. The summed E-state index contributed by atoms with van der Waals surface area (Å²) in [5, 5.41) is 47.0. The number of unbranched alkanes of at least 4 members (excludes halogenated alkanes) is 11. The Morgan fingerprint density at radius 2 is 1.35 bits per heavy atom. The van der Waals surface area contributed by atoms with Crippen LogP contribution in [0.25, 0.3) is 0 Å². The third-order valence-corrected chi connectivity index (χ3v) is 8.21. The van der Waals surface area contributed by atoms with Crippen molar-refractivity contribution < 1.29 is 86.8 Å². The number of aliphatic hydroxyl groups is 4. The van der Waals surface area contributed by atoms with E-state index >= 15 is 0 Å². The normalized spacial score (nSPS) is 22.0. The van der Waals surface area contributed by atoms with E-state index in [0.717, 1.165) is 25.7 Å². The molecule has 0 spiro atoms. The molecule has 6 atom stereocenters. The average molecular weight is 692 g/mol. The number of carbonyl (C=O) groups excluding carboxylic acids is 3. The van der Waals surface area contributed by atoms with Gasteiger partial charge in [-0.05, 0) is 6.42 Å². The van der Waals surface area contributed by atoms with Crippen LogP contribution in [0.2, 0.25) is 0 Å². The molecule has 1 aliphatic rings. The summed E-state index contributed by atoms with van der Waals surface area (Å²) in [6, 6.07) is -1.28. The molecule has 1 fully saturated rings. The van der Waals surface area contributed by atoms with E-state index in [1.165, 1.54) is 51.4 Å². The number of hydrogen-bond donors (Lipinski definition) is 7. The largest absolute Gasteiger partial charge is 1.00 e. The van der Waals surface area contributed by atoms with Crippen molar-refractivity contribution in [2.45, 2.75) is 134 Å². The second-order valence-corrected chi connectivity index (χ2v) is 13.0. The molecule has 1 heterocycles. The van der Waals surface area contributed by atoms with Gasteiger partial charge in [0, 0.05) is 25.9 Å². The van der Waals surface area contributed by atoms with Gasteiger partial charge in [-0.2, -0.15) is 0 Å². The van der Waals surface area contributed by atoms with Crippen molar-refractivity contribution in [2.75, 3.05) is 32.1 Å². The van der Waals surface area contributed by atoms with E-state index in [4.69, 9.17) is 9.47 Å². The van der Waals surface area contributed by atoms with E-state index in [9.17, 15) is 47.8 Å². The van der Waals surface area contributed by atoms with Crippen LogP contribution >= 0.6 is 0 Å². The molecular weight excluding hydrogens is 637 g/mol. The Balaban J connectivity index is 0.0000202. The number of amides is 3. The van der Waals surface area contributed by atoms with Crippen LogP contribution in [0.4, 0.5) is 0 Å². The van der Waals surface area contributed by atoms with Gasteiger partial charge in [0.05, 0.1) is 29.1 Å². The Morgan fingerprint density at radius 1 is 0.804 bits per heavy atom. The third kappa shape index (κ3) is 20.4. The van der Waals surface area contributed by atoms with Gasteiger partial charge in [-0.3, -0.25) is 14.4 Å². The summed E-state index contributed by atoms with van der Waals surface area (Å²) < 4.78 is 42.7. The summed E-state index contributed by atoms with van der Waals surface area (Å²) >= 11 is 0. The zero-order chi connectivity index (χ0) is 33.7. The predicted octanol–water partition coefficient (Wildman–Crippen LogP) is -3.45. The molecule has 1 unspecified atom stereocenters. The van der Waals surface area contributed by atoms with Gasteiger partial charge in [-0.15, -0.1) is 0 Å². The molecule has 0 aliphatic carbocycles. The van der Waals surface area contributed by atoms with E-state index in [-0.39, 0.29) is 42.4 Å². The Labute approximate surface area is 295 Å². The van der Waals surface area contributed by atoms with Crippen LogP contribution in [0.5, 0.6) is 0 Å². The molecular formula is C29H54N3NaO12S. The van der Waals surface area contributed by atoms with Crippen molar-refractivity contribution >= 4 is 27.8 Å². The van der Waals surface area contributed by atoms with Crippen LogP contribution in [0, 0.1) is 0 Å². The molecule has 46 heavy (non-hydrogen) atoms. The standard InChI is InChI=1S/C29H55N3O12S.Na/c1-2-3-4-5-6-7-8-9-10-11-12-13-16-31-28(39)21(20-43-29-27(38)26(37)25(36)22(19-33)44-29)32-24(35)15-14-23(34)30-17-18-45(40,41)42;/h21-22,25-27,29,33,36-38H,2-20H2,1H3,(H,30,34)(H,31,39)(H,32,35)(H,40,41,42);/q;+1/p-1/t21?,22-,25+,26+,27-,29-;/m1./s1. The van der Waals surface area contributed by atoms with Gasteiger partial charge < -0.3 is 50.4 Å². The first-order chi connectivity index (χ1) is 21.4. The summed E-state index contributed by atoms with van der Waals surface area (Å²) in [6.45, 7) is 0.967. The third-order valence-electron chi connectivity index (χ3n) is 7.51. The summed E-state index contributed by atoms with van der Waals surface area (Å²) in [4.78, 5) is 37.4. The molecule has 0 bridgehead atoms. The van der Waals surface area contributed by atoms with Gasteiger partial charge in [0.2, 0.25) is 17.7 Å². The smallest absolute Gasteiger partial charge is 0.748 e. The molecule has 1 rings (SSSR count). The minimum absolute atomic E-state index is 0. The van der Waals surface area contributed by atoms with Crippen LogP contribution in [0.1, 0.15) is 96.8 Å². The maximum atomic E-state index is 12.9. The minimum atomic E-state index is -4.50. The van der Waals surface area contributed by atoms with Crippen LogP contribution < -0.4 is 45.5 Å². The van der Waals surface area contributed by atoms with Crippen molar-refractivity contribution in [2.24, 2.45) is 0 Å². The molecule has 1 aliphatic heterocycles. The zero-order valence-electron chi connectivity index (χ0n) is 27.4. The van der Waals surface area contributed by atoms with Crippen molar-refractivity contribution in [1.29, 1.82) is 0 Å². The van der Waals surface area contributed by atoms with E-state index in [0.29, 0.717) is 6.54 Å². The van der Waals surface area contributed by atoms with Gasteiger partial charge in [-0.1, -0.05) is 77.6 Å². The van der Waals surface area contributed by atoms with Gasteiger partial charge in [0.15, 0.2) is 6.29 Å². The fourth-order valence-corrected chi connectivity index (χ4v) is 5.13. The molecule has 264 valence electrons. The molecule has 15 nitrogen and oxygen atoms in total. The number of nitrogens with one attached hydrogen (secondary N) is 3. The summed E-state index contributed by atoms with van der Waals surface area (Å²) in [6.07, 6.45) is 5.45. The number of carbonyl (C=O) groups is 3. The molecule has 0 aromatic heterocycles. The minimum Gasteiger partial charge on any atom is -0.748 e. The van der Waals surface area contributed by atoms with Crippen LogP contribution in [0.15, 0.2) is 0 Å². The van der Waals surface area contributed by atoms with E-state index in [1.807, 2.05) is 0 Å². The zero-order valence-corrected chi connectivity index (χ0v) is 30.2. The van der Waals surface area contributed by atoms with Crippen molar-refractivity contribution in [3.8, 4) is 0 Å².